The van der Waals surface area contributed by atoms with Crippen molar-refractivity contribution in [2.45, 2.75) is 6.61 Å². The van der Waals surface area contributed by atoms with Gasteiger partial charge in [-0.1, -0.05) is 35.9 Å². The van der Waals surface area contributed by atoms with Crippen LogP contribution in [0, 0.1) is 25.0 Å². The molecule has 0 saturated carbocycles. The molecule has 0 aliphatic rings. The minimum atomic E-state index is -0.770. The largest absolute Gasteiger partial charge is 0.493 e. The molecule has 1 N–H and O–H groups in total. The Balaban J connectivity index is 1.84. The number of hydrogen-bond donors (Lipinski definition) is 1. The van der Waals surface area contributed by atoms with E-state index in [1.807, 2.05) is 18.2 Å². The fraction of sp³-hybridized carbons (Fsp3) is 0.0833. The molecule has 0 atom stereocenters. The van der Waals surface area contributed by atoms with E-state index in [2.05, 4.69) is 27.9 Å². The molecule has 0 bridgehead atoms. The number of nitrogens with one attached hydrogen (secondary N) is 1. The van der Waals surface area contributed by atoms with Crippen LogP contribution in [0.25, 0.3) is 6.08 Å². The summed E-state index contributed by atoms with van der Waals surface area (Å²) < 4.78 is 12.1. The van der Waals surface area contributed by atoms with E-state index in [1.165, 1.54) is 31.4 Å². The number of halogens is 2. The smallest absolute Gasteiger partial charge is 0.292 e. The van der Waals surface area contributed by atoms with Crippen LogP contribution in [-0.2, 0) is 11.4 Å². The maximum absolute atomic E-state index is 12.6. The van der Waals surface area contributed by atoms with Crippen LogP contribution in [0.3, 0.4) is 0 Å². The number of hydrogen-bond acceptors (Lipinski definition) is 6. The first kappa shape index (κ1) is 25.0. The van der Waals surface area contributed by atoms with E-state index in [0.717, 1.165) is 5.56 Å². The van der Waals surface area contributed by atoms with Gasteiger partial charge in [0.05, 0.1) is 15.6 Å². The van der Waals surface area contributed by atoms with Gasteiger partial charge in [0.15, 0.2) is 11.5 Å². The van der Waals surface area contributed by atoms with E-state index in [0.29, 0.717) is 32.3 Å². The van der Waals surface area contributed by atoms with Crippen molar-refractivity contribution >= 4 is 57.5 Å². The van der Waals surface area contributed by atoms with Crippen LogP contribution in [0.15, 0.2) is 66.2 Å². The van der Waals surface area contributed by atoms with Crippen molar-refractivity contribution in [1.82, 2.24) is 0 Å². The summed E-state index contributed by atoms with van der Waals surface area (Å²) in [5.74, 6) is 0.162. The number of benzene rings is 3. The minimum Gasteiger partial charge on any atom is -0.493 e. The molecule has 3 aromatic carbocycles. The van der Waals surface area contributed by atoms with Crippen LogP contribution >= 0.6 is 34.2 Å². The topological polar surface area (TPSA) is 114 Å². The van der Waals surface area contributed by atoms with Gasteiger partial charge < -0.3 is 14.8 Å². The number of nitrogens with zero attached hydrogens (tertiary/aromatic N) is 2. The first-order valence-electron chi connectivity index (χ1n) is 9.73. The van der Waals surface area contributed by atoms with Crippen molar-refractivity contribution in [1.29, 1.82) is 5.26 Å². The van der Waals surface area contributed by atoms with Crippen molar-refractivity contribution < 1.29 is 19.2 Å². The van der Waals surface area contributed by atoms with Crippen LogP contribution in [0.4, 0.5) is 11.4 Å². The SMILES string of the molecule is COc1cc(/C=C(\C#N)C(=O)Nc2ccccc2[N+](=O)[O-])cc(I)c1OCc1ccc(Cl)cc1. The summed E-state index contributed by atoms with van der Waals surface area (Å²) in [5.41, 5.74) is 0.938. The standard InChI is InChI=1S/C24H17ClIN3O5/c1-33-22-12-16(11-19(26)23(22)34-14-15-6-8-18(25)9-7-15)10-17(13-27)24(30)28-20-4-2-3-5-21(20)29(31)32/h2-12H,14H2,1H3,(H,28,30)/b17-10+. The van der Waals surface area contributed by atoms with Crippen molar-refractivity contribution in [2.75, 3.05) is 12.4 Å². The molecule has 0 fully saturated rings. The molecule has 3 aromatic rings. The third-order valence-corrected chi connectivity index (χ3v) is 5.63. The predicted molar refractivity (Wildman–Crippen MR) is 137 cm³/mol. The van der Waals surface area contributed by atoms with E-state index in [1.54, 1.807) is 30.3 Å². The maximum atomic E-state index is 12.6. The predicted octanol–water partition coefficient (Wildman–Crippen LogP) is 5.99. The van der Waals surface area contributed by atoms with Gasteiger partial charge in [-0.05, 0) is 70.1 Å². The van der Waals surface area contributed by atoms with Gasteiger partial charge in [0, 0.05) is 11.1 Å². The Hall–Kier alpha value is -3.62. The molecule has 1 amide bonds. The van der Waals surface area contributed by atoms with Gasteiger partial charge in [-0.15, -0.1) is 0 Å². The van der Waals surface area contributed by atoms with Gasteiger partial charge in [-0.3, -0.25) is 14.9 Å². The fourth-order valence-electron chi connectivity index (χ4n) is 2.94. The average Bonchev–Trinajstić information content (AvgIpc) is 2.82. The molecule has 0 unspecified atom stereocenters. The highest BCUT2D eigenvalue weighted by Gasteiger charge is 2.18. The number of nitro benzene ring substituents is 1. The summed E-state index contributed by atoms with van der Waals surface area (Å²) >= 11 is 7.99. The maximum Gasteiger partial charge on any atom is 0.292 e. The Morgan fingerprint density at radius 3 is 2.59 bits per heavy atom. The molecule has 0 heterocycles. The molecule has 0 aromatic heterocycles. The van der Waals surface area contributed by atoms with Gasteiger partial charge in [0.1, 0.15) is 23.9 Å². The van der Waals surface area contributed by atoms with Crippen molar-refractivity contribution in [3.8, 4) is 17.6 Å². The Labute approximate surface area is 214 Å². The molecule has 10 heteroatoms. The van der Waals surface area contributed by atoms with Crippen LogP contribution in [-0.4, -0.2) is 17.9 Å². The fourth-order valence-corrected chi connectivity index (χ4v) is 3.85. The number of carbonyl (C=O) groups excluding carboxylic acids is 1. The lowest BCUT2D eigenvalue weighted by atomic mass is 10.1. The van der Waals surface area contributed by atoms with E-state index in [-0.39, 0.29) is 16.9 Å². The molecular formula is C24H17ClIN3O5. The third kappa shape index (κ3) is 6.24. The summed E-state index contributed by atoms with van der Waals surface area (Å²) in [4.78, 5) is 23.2. The second-order valence-electron chi connectivity index (χ2n) is 6.85. The molecular weight excluding hydrogens is 573 g/mol. The zero-order chi connectivity index (χ0) is 24.7. The van der Waals surface area contributed by atoms with Crippen LogP contribution in [0.2, 0.25) is 5.02 Å². The lowest BCUT2D eigenvalue weighted by molar-refractivity contribution is -0.383. The van der Waals surface area contributed by atoms with E-state index in [9.17, 15) is 20.2 Å². The molecule has 0 spiro atoms. The number of carbonyl (C=O) groups is 1. The quantitative estimate of drug-likeness (QED) is 0.114. The number of para-hydroxylation sites is 2. The first-order valence-corrected chi connectivity index (χ1v) is 11.2. The number of nitriles is 1. The monoisotopic (exact) mass is 589 g/mol. The number of amides is 1. The van der Waals surface area contributed by atoms with Crippen molar-refractivity contribution in [3.05, 3.63) is 96.1 Å². The Bertz CT molecular complexity index is 1300. The minimum absolute atomic E-state index is 0.00300. The summed E-state index contributed by atoms with van der Waals surface area (Å²) in [6, 6.07) is 18.2. The van der Waals surface area contributed by atoms with Gasteiger partial charge in [-0.25, -0.2) is 0 Å². The highest BCUT2D eigenvalue weighted by molar-refractivity contribution is 14.1. The summed E-state index contributed by atoms with van der Waals surface area (Å²) in [5, 5.41) is 23.7. The molecule has 0 aliphatic heterocycles. The normalized spacial score (nSPS) is 10.8. The second-order valence-corrected chi connectivity index (χ2v) is 8.45. The summed E-state index contributed by atoms with van der Waals surface area (Å²) in [7, 11) is 1.49. The molecule has 8 nitrogen and oxygen atoms in total. The Kier molecular flexibility index (Phi) is 8.45. The molecule has 0 radical (unpaired) electrons. The lowest BCUT2D eigenvalue weighted by Gasteiger charge is -2.14. The number of nitro groups is 1. The number of rotatable bonds is 8. The molecule has 0 saturated heterocycles. The lowest BCUT2D eigenvalue weighted by Crippen LogP contribution is -2.14. The number of ether oxygens (including phenoxy) is 2. The zero-order valence-corrected chi connectivity index (χ0v) is 20.7. The van der Waals surface area contributed by atoms with Gasteiger partial charge in [-0.2, -0.15) is 5.26 Å². The highest BCUT2D eigenvalue weighted by atomic mass is 127. The van der Waals surface area contributed by atoms with Gasteiger partial charge >= 0.3 is 0 Å². The third-order valence-electron chi connectivity index (χ3n) is 4.57. The van der Waals surface area contributed by atoms with Crippen molar-refractivity contribution in [2.24, 2.45) is 0 Å². The van der Waals surface area contributed by atoms with Crippen LogP contribution in [0.5, 0.6) is 11.5 Å². The van der Waals surface area contributed by atoms with Gasteiger partial charge in [0.25, 0.3) is 11.6 Å². The highest BCUT2D eigenvalue weighted by Crippen LogP contribution is 2.35. The van der Waals surface area contributed by atoms with E-state index < -0.39 is 10.8 Å². The summed E-state index contributed by atoms with van der Waals surface area (Å²) in [6.07, 6.45) is 1.37. The van der Waals surface area contributed by atoms with Crippen LogP contribution in [0.1, 0.15) is 11.1 Å². The van der Waals surface area contributed by atoms with E-state index in [4.69, 9.17) is 21.1 Å². The molecule has 34 heavy (non-hydrogen) atoms. The number of anilines is 1. The first-order chi connectivity index (χ1) is 16.3. The summed E-state index contributed by atoms with van der Waals surface area (Å²) in [6.45, 7) is 0.292. The second kappa shape index (κ2) is 11.5. The number of methoxy groups -OCH3 is 1. The molecule has 172 valence electrons. The zero-order valence-electron chi connectivity index (χ0n) is 17.7. The Morgan fingerprint density at radius 2 is 1.94 bits per heavy atom. The average molecular weight is 590 g/mol. The molecule has 0 aliphatic carbocycles. The molecule has 3 rings (SSSR count). The van der Waals surface area contributed by atoms with Crippen LogP contribution < -0.4 is 14.8 Å². The van der Waals surface area contributed by atoms with Crippen molar-refractivity contribution in [3.63, 3.8) is 0 Å². The Morgan fingerprint density at radius 1 is 1.24 bits per heavy atom. The van der Waals surface area contributed by atoms with E-state index >= 15 is 0 Å². The van der Waals surface area contributed by atoms with Gasteiger partial charge in [0.2, 0.25) is 0 Å².